The molecule has 0 fully saturated rings. The topological polar surface area (TPSA) is 24.1 Å². The van der Waals surface area contributed by atoms with E-state index in [1.165, 1.54) is 0 Å². The molecule has 7 heteroatoms. The zero-order valence-corrected chi connectivity index (χ0v) is 12.2. The Morgan fingerprint density at radius 1 is 1.00 bits per heavy atom. The fourth-order valence-electron chi connectivity index (χ4n) is 1.47. The Labute approximate surface area is 129 Å². The van der Waals surface area contributed by atoms with E-state index >= 15 is 0 Å². The number of hydrogen-bond acceptors (Lipinski definition) is 1. The summed E-state index contributed by atoms with van der Waals surface area (Å²) in [4.78, 5) is 0. The van der Waals surface area contributed by atoms with Gasteiger partial charge in [-0.2, -0.15) is 0 Å². The highest BCUT2D eigenvalue weighted by atomic mass is 35.5. The van der Waals surface area contributed by atoms with Gasteiger partial charge in [0, 0.05) is 6.07 Å². The first-order valence-electron chi connectivity index (χ1n) is 5.44. The van der Waals surface area contributed by atoms with Crippen molar-refractivity contribution < 1.29 is 8.78 Å². The van der Waals surface area contributed by atoms with Gasteiger partial charge in [-0.25, -0.2) is 8.78 Å². The third-order valence-corrected chi connectivity index (χ3v) is 3.40. The predicted octanol–water partition coefficient (Wildman–Crippen LogP) is 5.08. The largest absolute Gasteiger partial charge is 0.331 e. The molecule has 0 aliphatic rings. The third kappa shape index (κ3) is 3.56. The molecule has 0 aliphatic carbocycles. The SMILES string of the molecule is Fc1ccc(F)c(NC(=S)Nc2cccc(Cl)c2Cl)c1. The van der Waals surface area contributed by atoms with Crippen LogP contribution in [-0.2, 0) is 0 Å². The maximum atomic E-state index is 13.4. The first kappa shape index (κ1) is 15.0. The number of hydrogen-bond donors (Lipinski definition) is 2. The molecule has 0 bridgehead atoms. The normalized spacial score (nSPS) is 10.2. The van der Waals surface area contributed by atoms with Gasteiger partial charge in [0.1, 0.15) is 11.6 Å². The lowest BCUT2D eigenvalue weighted by atomic mass is 10.3. The molecule has 2 nitrogen and oxygen atoms in total. The zero-order valence-electron chi connectivity index (χ0n) is 9.88. The maximum absolute atomic E-state index is 13.4. The van der Waals surface area contributed by atoms with Crippen LogP contribution in [0.1, 0.15) is 0 Å². The lowest BCUT2D eigenvalue weighted by molar-refractivity contribution is 0.604. The molecule has 0 atom stereocenters. The van der Waals surface area contributed by atoms with Crippen LogP contribution >= 0.6 is 35.4 Å². The van der Waals surface area contributed by atoms with E-state index in [0.29, 0.717) is 10.7 Å². The number of halogens is 4. The summed E-state index contributed by atoms with van der Waals surface area (Å²) in [5.74, 6) is -1.19. The van der Waals surface area contributed by atoms with Crippen LogP contribution in [0.25, 0.3) is 0 Å². The van der Waals surface area contributed by atoms with Crippen molar-refractivity contribution in [1.29, 1.82) is 0 Å². The molecule has 0 aliphatic heterocycles. The van der Waals surface area contributed by atoms with Crippen LogP contribution < -0.4 is 10.6 Å². The van der Waals surface area contributed by atoms with E-state index in [1.807, 2.05) is 0 Å². The lowest BCUT2D eigenvalue weighted by Gasteiger charge is -2.12. The quantitative estimate of drug-likeness (QED) is 0.750. The number of nitrogens with one attached hydrogen (secondary N) is 2. The van der Waals surface area contributed by atoms with E-state index < -0.39 is 11.6 Å². The molecule has 0 spiro atoms. The van der Waals surface area contributed by atoms with Crippen molar-refractivity contribution in [2.75, 3.05) is 10.6 Å². The minimum absolute atomic E-state index is 0.0682. The number of rotatable bonds is 2. The van der Waals surface area contributed by atoms with E-state index in [9.17, 15) is 8.78 Å². The second-order valence-electron chi connectivity index (χ2n) is 3.80. The number of anilines is 2. The zero-order chi connectivity index (χ0) is 14.7. The molecular formula is C13H8Cl2F2N2S. The van der Waals surface area contributed by atoms with Crippen LogP contribution in [0.15, 0.2) is 36.4 Å². The van der Waals surface area contributed by atoms with Gasteiger partial charge in [-0.3, -0.25) is 0 Å². The molecule has 0 amide bonds. The van der Waals surface area contributed by atoms with Crippen molar-refractivity contribution in [3.63, 3.8) is 0 Å². The van der Waals surface area contributed by atoms with Crippen molar-refractivity contribution in [3.05, 3.63) is 58.1 Å². The van der Waals surface area contributed by atoms with Crippen LogP contribution in [0.3, 0.4) is 0 Å². The summed E-state index contributed by atoms with van der Waals surface area (Å²) in [5.41, 5.74) is 0.397. The highest BCUT2D eigenvalue weighted by molar-refractivity contribution is 7.80. The summed E-state index contributed by atoms with van der Waals surface area (Å²) >= 11 is 16.8. The van der Waals surface area contributed by atoms with Crippen molar-refractivity contribution in [1.82, 2.24) is 0 Å². The van der Waals surface area contributed by atoms with Crippen molar-refractivity contribution in [2.45, 2.75) is 0 Å². The van der Waals surface area contributed by atoms with Gasteiger partial charge in [0.25, 0.3) is 0 Å². The van der Waals surface area contributed by atoms with Crippen LogP contribution in [0.2, 0.25) is 10.0 Å². The molecule has 2 N–H and O–H groups in total. The van der Waals surface area contributed by atoms with Gasteiger partial charge in [-0.15, -0.1) is 0 Å². The average Bonchev–Trinajstić information content (AvgIpc) is 2.39. The van der Waals surface area contributed by atoms with Gasteiger partial charge in [-0.1, -0.05) is 29.3 Å². The van der Waals surface area contributed by atoms with Gasteiger partial charge in [-0.05, 0) is 36.5 Å². The molecule has 0 heterocycles. The average molecular weight is 333 g/mol. The second-order valence-corrected chi connectivity index (χ2v) is 5.00. The van der Waals surface area contributed by atoms with Gasteiger partial charge in [0.2, 0.25) is 0 Å². The van der Waals surface area contributed by atoms with E-state index in [0.717, 1.165) is 18.2 Å². The minimum atomic E-state index is -0.618. The number of thiocarbonyl (C=S) groups is 1. The summed E-state index contributed by atoms with van der Waals surface area (Å²) in [5, 5.41) is 6.03. The smallest absolute Gasteiger partial charge is 0.175 e. The molecule has 2 rings (SSSR count). The Bertz CT molecular complexity index is 659. The maximum Gasteiger partial charge on any atom is 0.175 e. The highest BCUT2D eigenvalue weighted by Crippen LogP contribution is 2.29. The summed E-state index contributed by atoms with van der Waals surface area (Å²) in [6.45, 7) is 0. The van der Waals surface area contributed by atoms with E-state index in [4.69, 9.17) is 35.4 Å². The first-order valence-corrected chi connectivity index (χ1v) is 6.61. The Morgan fingerprint density at radius 2 is 1.70 bits per heavy atom. The van der Waals surface area contributed by atoms with Crippen molar-refractivity contribution in [3.8, 4) is 0 Å². The molecule has 2 aromatic carbocycles. The number of benzene rings is 2. The lowest BCUT2D eigenvalue weighted by Crippen LogP contribution is -2.20. The Balaban J connectivity index is 2.13. The van der Waals surface area contributed by atoms with E-state index in [2.05, 4.69) is 10.6 Å². The monoisotopic (exact) mass is 332 g/mol. The van der Waals surface area contributed by atoms with Gasteiger partial charge in [0.15, 0.2) is 5.11 Å². The van der Waals surface area contributed by atoms with Crippen molar-refractivity contribution >= 4 is 51.9 Å². The molecule has 0 aromatic heterocycles. The second kappa shape index (κ2) is 6.35. The Morgan fingerprint density at radius 3 is 2.45 bits per heavy atom. The van der Waals surface area contributed by atoms with Gasteiger partial charge in [0.05, 0.1) is 21.4 Å². The summed E-state index contributed by atoms with van der Waals surface area (Å²) in [7, 11) is 0. The Kier molecular flexibility index (Phi) is 4.75. The molecule has 104 valence electrons. The summed E-state index contributed by atoms with van der Waals surface area (Å²) < 4.78 is 26.5. The molecule has 0 radical (unpaired) electrons. The van der Waals surface area contributed by atoms with Crippen LogP contribution in [0, 0.1) is 11.6 Å². The van der Waals surface area contributed by atoms with Crippen LogP contribution in [0.5, 0.6) is 0 Å². The molecule has 2 aromatic rings. The van der Waals surface area contributed by atoms with Gasteiger partial charge < -0.3 is 10.6 Å². The fraction of sp³-hybridized carbons (Fsp3) is 0. The summed E-state index contributed by atoms with van der Waals surface area (Å²) in [6, 6.07) is 7.99. The molecule has 0 saturated heterocycles. The highest BCUT2D eigenvalue weighted by Gasteiger charge is 2.08. The first-order chi connectivity index (χ1) is 9.47. The van der Waals surface area contributed by atoms with Gasteiger partial charge >= 0.3 is 0 Å². The molecular weight excluding hydrogens is 325 g/mol. The third-order valence-electron chi connectivity index (χ3n) is 2.38. The predicted molar refractivity (Wildman–Crippen MR) is 82.7 cm³/mol. The summed E-state index contributed by atoms with van der Waals surface area (Å²) in [6.07, 6.45) is 0. The Hall–Kier alpha value is -1.43. The molecule has 0 saturated carbocycles. The van der Waals surface area contributed by atoms with E-state index in [-0.39, 0.29) is 15.8 Å². The van der Waals surface area contributed by atoms with Crippen LogP contribution in [0.4, 0.5) is 20.2 Å². The molecule has 0 unspecified atom stereocenters. The molecule has 20 heavy (non-hydrogen) atoms. The standard InChI is InChI=1S/C13H8Cl2F2N2S/c14-8-2-1-3-10(12(8)15)18-13(20)19-11-6-7(16)4-5-9(11)17/h1-6H,(H2,18,19,20). The minimum Gasteiger partial charge on any atom is -0.331 e. The van der Waals surface area contributed by atoms with Crippen LogP contribution in [-0.4, -0.2) is 5.11 Å². The van der Waals surface area contributed by atoms with Crippen molar-refractivity contribution in [2.24, 2.45) is 0 Å². The van der Waals surface area contributed by atoms with E-state index in [1.54, 1.807) is 18.2 Å². The fourth-order valence-corrected chi connectivity index (χ4v) is 2.04.